The van der Waals surface area contributed by atoms with Crippen molar-refractivity contribution in [2.45, 2.75) is 24.7 Å². The summed E-state index contributed by atoms with van der Waals surface area (Å²) in [6.07, 6.45) is 2.37. The molecule has 0 saturated carbocycles. The van der Waals surface area contributed by atoms with Crippen molar-refractivity contribution in [1.82, 2.24) is 4.90 Å². The SMILES string of the molecule is Oc1ccc2c(c1)OCC(c1c(F)c(F)c(F)c(F)c1F)C2c1ccc(OCCN2CCCC2)cc1. The van der Waals surface area contributed by atoms with Crippen molar-refractivity contribution in [2.24, 2.45) is 0 Å². The van der Waals surface area contributed by atoms with Gasteiger partial charge in [0.25, 0.3) is 0 Å². The second-order valence-electron chi connectivity index (χ2n) is 9.07. The first-order chi connectivity index (χ1) is 17.3. The Labute approximate surface area is 204 Å². The molecule has 9 heteroatoms. The first kappa shape index (κ1) is 24.4. The molecule has 2 unspecified atom stereocenters. The van der Waals surface area contributed by atoms with E-state index in [0.29, 0.717) is 23.5 Å². The number of benzene rings is 3. The topological polar surface area (TPSA) is 41.9 Å². The first-order valence-electron chi connectivity index (χ1n) is 11.8. The van der Waals surface area contributed by atoms with E-state index in [1.54, 1.807) is 24.3 Å². The van der Waals surface area contributed by atoms with Gasteiger partial charge in [0.05, 0.1) is 6.61 Å². The summed E-state index contributed by atoms with van der Waals surface area (Å²) < 4.78 is 82.9. The van der Waals surface area contributed by atoms with Crippen molar-refractivity contribution >= 4 is 0 Å². The largest absolute Gasteiger partial charge is 0.508 e. The summed E-state index contributed by atoms with van der Waals surface area (Å²) in [4.78, 5) is 2.32. The van der Waals surface area contributed by atoms with E-state index >= 15 is 0 Å². The van der Waals surface area contributed by atoms with Crippen LogP contribution in [0.5, 0.6) is 17.2 Å². The Bertz CT molecular complexity index is 1230. The van der Waals surface area contributed by atoms with Gasteiger partial charge in [0.2, 0.25) is 5.82 Å². The fourth-order valence-corrected chi connectivity index (χ4v) is 5.08. The van der Waals surface area contributed by atoms with Crippen LogP contribution in [-0.4, -0.2) is 42.9 Å². The minimum Gasteiger partial charge on any atom is -0.508 e. The number of halogens is 5. The van der Waals surface area contributed by atoms with E-state index in [2.05, 4.69) is 4.90 Å². The number of hydrogen-bond donors (Lipinski definition) is 1. The molecule has 3 aromatic rings. The number of fused-ring (bicyclic) bond motifs is 1. The molecule has 3 aromatic carbocycles. The lowest BCUT2D eigenvalue weighted by Crippen LogP contribution is -2.28. The first-order valence-corrected chi connectivity index (χ1v) is 11.8. The number of hydrogen-bond acceptors (Lipinski definition) is 4. The van der Waals surface area contributed by atoms with E-state index in [1.165, 1.54) is 31.0 Å². The Hall–Kier alpha value is -3.33. The van der Waals surface area contributed by atoms with Gasteiger partial charge < -0.3 is 14.6 Å². The van der Waals surface area contributed by atoms with Crippen LogP contribution in [0.4, 0.5) is 22.0 Å². The lowest BCUT2D eigenvalue weighted by molar-refractivity contribution is 0.235. The third-order valence-electron chi connectivity index (χ3n) is 6.88. The van der Waals surface area contributed by atoms with E-state index in [0.717, 1.165) is 19.6 Å². The third-order valence-corrected chi connectivity index (χ3v) is 6.88. The average molecular weight is 505 g/mol. The molecular formula is C27H24F5NO3. The Kier molecular flexibility index (Phi) is 6.75. The highest BCUT2D eigenvalue weighted by Gasteiger charge is 2.39. The van der Waals surface area contributed by atoms with Gasteiger partial charge in [-0.05, 0) is 49.7 Å². The number of nitrogens with zero attached hydrogens (tertiary/aromatic N) is 1. The summed E-state index contributed by atoms with van der Waals surface area (Å²) in [6.45, 7) is 3.07. The van der Waals surface area contributed by atoms with Gasteiger partial charge in [-0.25, -0.2) is 22.0 Å². The molecule has 2 aliphatic rings. The van der Waals surface area contributed by atoms with Crippen LogP contribution in [0.25, 0.3) is 0 Å². The molecule has 1 N–H and O–H groups in total. The van der Waals surface area contributed by atoms with E-state index in [4.69, 9.17) is 9.47 Å². The van der Waals surface area contributed by atoms with Crippen LogP contribution < -0.4 is 9.47 Å². The highest BCUT2D eigenvalue weighted by molar-refractivity contribution is 5.51. The van der Waals surface area contributed by atoms with Gasteiger partial charge in [0, 0.05) is 35.6 Å². The highest BCUT2D eigenvalue weighted by atomic mass is 19.2. The molecule has 0 radical (unpaired) electrons. The smallest absolute Gasteiger partial charge is 0.200 e. The highest BCUT2D eigenvalue weighted by Crippen LogP contribution is 2.48. The van der Waals surface area contributed by atoms with Gasteiger partial charge in [-0.1, -0.05) is 18.2 Å². The lowest BCUT2D eigenvalue weighted by atomic mass is 9.75. The number of phenolic OH excluding ortho intramolecular Hbond substituents is 1. The van der Waals surface area contributed by atoms with Crippen LogP contribution in [0.15, 0.2) is 42.5 Å². The molecule has 0 aromatic heterocycles. The van der Waals surface area contributed by atoms with E-state index < -0.39 is 46.5 Å². The monoisotopic (exact) mass is 505 g/mol. The average Bonchev–Trinajstić information content (AvgIpc) is 3.40. The molecule has 36 heavy (non-hydrogen) atoms. The lowest BCUT2D eigenvalue weighted by Gasteiger charge is -2.35. The standard InChI is InChI=1S/C27H24F5NO3/c28-23-22(24(29)26(31)27(32)25(23)30)19-14-36-20-13-16(34)5-8-18(20)21(19)15-3-6-17(7-4-15)35-12-11-33-9-1-2-10-33/h3-8,13,19,21,34H,1-2,9-12,14H2. The number of phenols is 1. The molecule has 190 valence electrons. The predicted octanol–water partition coefficient (Wildman–Crippen LogP) is 5.87. The summed E-state index contributed by atoms with van der Waals surface area (Å²) in [5.74, 6) is -11.2. The van der Waals surface area contributed by atoms with Crippen LogP contribution in [0.2, 0.25) is 0 Å². The molecule has 1 saturated heterocycles. The van der Waals surface area contributed by atoms with E-state index in [9.17, 15) is 27.1 Å². The van der Waals surface area contributed by atoms with Crippen molar-refractivity contribution in [1.29, 1.82) is 0 Å². The maximum Gasteiger partial charge on any atom is 0.200 e. The summed E-state index contributed by atoms with van der Waals surface area (Å²) in [5, 5.41) is 9.86. The molecule has 0 amide bonds. The second-order valence-corrected chi connectivity index (χ2v) is 9.07. The van der Waals surface area contributed by atoms with E-state index in [-0.39, 0.29) is 18.1 Å². The van der Waals surface area contributed by atoms with Crippen LogP contribution >= 0.6 is 0 Å². The zero-order valence-electron chi connectivity index (χ0n) is 19.2. The number of rotatable bonds is 6. The number of likely N-dealkylation sites (tertiary alicyclic amines) is 1. The van der Waals surface area contributed by atoms with Crippen LogP contribution in [-0.2, 0) is 0 Å². The molecular weight excluding hydrogens is 481 g/mol. The quantitative estimate of drug-likeness (QED) is 0.259. The molecule has 0 spiro atoms. The maximum absolute atomic E-state index is 14.8. The number of ether oxygens (including phenoxy) is 2. The minimum absolute atomic E-state index is 0.0797. The van der Waals surface area contributed by atoms with Gasteiger partial charge in [-0.2, -0.15) is 0 Å². The van der Waals surface area contributed by atoms with Crippen molar-refractivity contribution in [2.75, 3.05) is 32.8 Å². The van der Waals surface area contributed by atoms with Crippen molar-refractivity contribution in [3.8, 4) is 17.2 Å². The molecule has 2 aliphatic heterocycles. The maximum atomic E-state index is 14.8. The Morgan fingerprint density at radius 3 is 2.17 bits per heavy atom. The molecule has 2 atom stereocenters. The Balaban J connectivity index is 1.49. The molecule has 4 nitrogen and oxygen atoms in total. The normalized spacial score (nSPS) is 19.7. The minimum atomic E-state index is -2.21. The summed E-state index contributed by atoms with van der Waals surface area (Å²) >= 11 is 0. The van der Waals surface area contributed by atoms with E-state index in [1.807, 2.05) is 0 Å². The van der Waals surface area contributed by atoms with Crippen LogP contribution in [0.1, 0.15) is 41.4 Å². The van der Waals surface area contributed by atoms with Gasteiger partial charge >= 0.3 is 0 Å². The molecule has 5 rings (SSSR count). The predicted molar refractivity (Wildman–Crippen MR) is 122 cm³/mol. The second kappa shape index (κ2) is 9.97. The zero-order chi connectivity index (χ0) is 25.4. The van der Waals surface area contributed by atoms with Crippen molar-refractivity contribution in [3.63, 3.8) is 0 Å². The van der Waals surface area contributed by atoms with Crippen molar-refractivity contribution < 1.29 is 36.5 Å². The summed E-state index contributed by atoms with van der Waals surface area (Å²) in [5.41, 5.74) is 0.0998. The molecule has 0 aliphatic carbocycles. The Morgan fingerprint density at radius 2 is 1.50 bits per heavy atom. The van der Waals surface area contributed by atoms with Gasteiger partial charge in [-0.3, -0.25) is 4.90 Å². The van der Waals surface area contributed by atoms with Crippen molar-refractivity contribution in [3.05, 3.63) is 88.2 Å². The zero-order valence-corrected chi connectivity index (χ0v) is 19.2. The van der Waals surface area contributed by atoms with Crippen LogP contribution in [0, 0.1) is 29.1 Å². The third kappa shape index (κ3) is 4.48. The Morgan fingerprint density at radius 1 is 0.861 bits per heavy atom. The fraction of sp³-hybridized carbons (Fsp3) is 0.333. The van der Waals surface area contributed by atoms with Gasteiger partial charge in [-0.15, -0.1) is 0 Å². The summed E-state index contributed by atoms with van der Waals surface area (Å²) in [6, 6.07) is 11.1. The van der Waals surface area contributed by atoms with Crippen LogP contribution in [0.3, 0.4) is 0 Å². The van der Waals surface area contributed by atoms with Gasteiger partial charge in [0.1, 0.15) is 23.9 Å². The molecule has 1 fully saturated rings. The van der Waals surface area contributed by atoms with Gasteiger partial charge in [0.15, 0.2) is 23.3 Å². The molecule has 0 bridgehead atoms. The fourth-order valence-electron chi connectivity index (χ4n) is 5.08. The number of aromatic hydroxyl groups is 1. The molecule has 2 heterocycles. The summed E-state index contributed by atoms with van der Waals surface area (Å²) in [7, 11) is 0.